The number of fused-ring (bicyclic) bond motifs is 2. The monoisotopic (exact) mass is 217 g/mol. The highest BCUT2D eigenvalue weighted by Crippen LogP contribution is 2.42. The fraction of sp³-hybridized carbons (Fsp3) is 0.571. The molecule has 2 saturated heterocycles. The Bertz CT molecular complexity index is 364. The van der Waals surface area contributed by atoms with Crippen LogP contribution in [0.2, 0.25) is 0 Å². The third-order valence-corrected chi connectivity index (χ3v) is 4.45. The van der Waals surface area contributed by atoms with Gasteiger partial charge in [-0.05, 0) is 31.9 Å². The van der Waals surface area contributed by atoms with Crippen molar-refractivity contribution < 1.29 is 5.11 Å². The van der Waals surface area contributed by atoms with Crippen molar-refractivity contribution in [3.05, 3.63) is 35.9 Å². The first-order chi connectivity index (χ1) is 7.77. The second-order valence-electron chi connectivity index (χ2n) is 5.21. The number of aliphatic hydroxyl groups is 1. The lowest BCUT2D eigenvalue weighted by atomic mass is 9.83. The summed E-state index contributed by atoms with van der Waals surface area (Å²) in [6, 6.07) is 11.5. The highest BCUT2D eigenvalue weighted by molar-refractivity contribution is 5.23. The summed E-state index contributed by atoms with van der Waals surface area (Å²) in [5, 5.41) is 10.4. The Hall–Kier alpha value is -0.860. The van der Waals surface area contributed by atoms with E-state index in [0.717, 1.165) is 12.8 Å². The molecule has 4 atom stereocenters. The molecule has 0 aliphatic carbocycles. The van der Waals surface area contributed by atoms with Crippen molar-refractivity contribution >= 4 is 0 Å². The SMILES string of the molecule is CN1C2CCC1C(O)C(c1ccccc1)C2. The van der Waals surface area contributed by atoms with E-state index in [0.29, 0.717) is 18.0 Å². The highest BCUT2D eigenvalue weighted by Gasteiger charge is 2.44. The van der Waals surface area contributed by atoms with Crippen LogP contribution in [-0.2, 0) is 0 Å². The normalized spacial score (nSPS) is 38.9. The molecule has 0 spiro atoms. The molecule has 86 valence electrons. The molecule has 1 aromatic carbocycles. The molecule has 2 nitrogen and oxygen atoms in total. The lowest BCUT2D eigenvalue weighted by Crippen LogP contribution is -2.48. The first kappa shape index (κ1) is 10.3. The predicted octanol–water partition coefficient (Wildman–Crippen LogP) is 2.00. The summed E-state index contributed by atoms with van der Waals surface area (Å²) in [6.45, 7) is 0. The van der Waals surface area contributed by atoms with Crippen molar-refractivity contribution in [2.24, 2.45) is 0 Å². The average Bonchev–Trinajstić information content (AvgIpc) is 2.57. The molecule has 2 fully saturated rings. The Morgan fingerprint density at radius 3 is 2.69 bits per heavy atom. The van der Waals surface area contributed by atoms with E-state index in [-0.39, 0.29) is 6.10 Å². The smallest absolute Gasteiger partial charge is 0.0764 e. The molecule has 2 heterocycles. The molecule has 2 heteroatoms. The van der Waals surface area contributed by atoms with Crippen molar-refractivity contribution in [2.45, 2.75) is 43.4 Å². The number of nitrogens with zero attached hydrogens (tertiary/aromatic N) is 1. The molecule has 3 rings (SSSR count). The topological polar surface area (TPSA) is 23.5 Å². The molecule has 4 unspecified atom stereocenters. The minimum absolute atomic E-state index is 0.189. The zero-order chi connectivity index (χ0) is 11.1. The van der Waals surface area contributed by atoms with E-state index < -0.39 is 0 Å². The Balaban J connectivity index is 1.88. The van der Waals surface area contributed by atoms with Crippen LogP contribution in [0.1, 0.15) is 30.7 Å². The summed E-state index contributed by atoms with van der Waals surface area (Å²) in [5.74, 6) is 0.342. The van der Waals surface area contributed by atoms with Crippen LogP contribution >= 0.6 is 0 Å². The molecule has 0 aromatic heterocycles. The van der Waals surface area contributed by atoms with Gasteiger partial charge in [0, 0.05) is 18.0 Å². The van der Waals surface area contributed by atoms with Crippen LogP contribution in [0.25, 0.3) is 0 Å². The van der Waals surface area contributed by atoms with Gasteiger partial charge in [0.05, 0.1) is 6.10 Å². The molecule has 1 N–H and O–H groups in total. The maximum atomic E-state index is 10.4. The van der Waals surface area contributed by atoms with E-state index in [2.05, 4.69) is 36.2 Å². The fourth-order valence-corrected chi connectivity index (χ4v) is 3.47. The zero-order valence-electron chi connectivity index (χ0n) is 9.71. The summed E-state index contributed by atoms with van der Waals surface area (Å²) < 4.78 is 0. The van der Waals surface area contributed by atoms with Crippen molar-refractivity contribution in [3.63, 3.8) is 0 Å². The van der Waals surface area contributed by atoms with Crippen molar-refractivity contribution in [3.8, 4) is 0 Å². The van der Waals surface area contributed by atoms with E-state index in [1.165, 1.54) is 12.0 Å². The van der Waals surface area contributed by atoms with Gasteiger partial charge in [0.25, 0.3) is 0 Å². The summed E-state index contributed by atoms with van der Waals surface area (Å²) >= 11 is 0. The van der Waals surface area contributed by atoms with E-state index >= 15 is 0 Å². The highest BCUT2D eigenvalue weighted by atomic mass is 16.3. The van der Waals surface area contributed by atoms with Crippen LogP contribution in [0.3, 0.4) is 0 Å². The third-order valence-electron chi connectivity index (χ3n) is 4.45. The Labute approximate surface area is 96.9 Å². The third kappa shape index (κ3) is 1.48. The molecule has 1 aromatic rings. The number of likely N-dealkylation sites (N-methyl/N-ethyl adjacent to an activating group) is 1. The number of piperidine rings is 1. The first-order valence-electron chi connectivity index (χ1n) is 6.22. The van der Waals surface area contributed by atoms with Gasteiger partial charge in [0.2, 0.25) is 0 Å². The largest absolute Gasteiger partial charge is 0.391 e. The lowest BCUT2D eigenvalue weighted by Gasteiger charge is -2.40. The van der Waals surface area contributed by atoms with E-state index in [1.54, 1.807) is 0 Å². The van der Waals surface area contributed by atoms with Crippen LogP contribution in [-0.4, -0.2) is 35.2 Å². The minimum atomic E-state index is -0.189. The van der Waals surface area contributed by atoms with Gasteiger partial charge < -0.3 is 5.11 Å². The van der Waals surface area contributed by atoms with Gasteiger partial charge in [-0.1, -0.05) is 30.3 Å². The summed E-state index contributed by atoms with van der Waals surface area (Å²) in [5.41, 5.74) is 1.31. The average molecular weight is 217 g/mol. The van der Waals surface area contributed by atoms with Gasteiger partial charge in [0.15, 0.2) is 0 Å². The molecular weight excluding hydrogens is 198 g/mol. The lowest BCUT2D eigenvalue weighted by molar-refractivity contribution is 0.0112. The Morgan fingerprint density at radius 2 is 1.94 bits per heavy atom. The molecule has 0 saturated carbocycles. The quantitative estimate of drug-likeness (QED) is 0.777. The summed E-state index contributed by atoms with van der Waals surface area (Å²) in [6.07, 6.45) is 3.33. The number of aliphatic hydroxyl groups excluding tert-OH is 1. The molecule has 2 aliphatic rings. The van der Waals surface area contributed by atoms with Crippen LogP contribution in [0.15, 0.2) is 30.3 Å². The van der Waals surface area contributed by atoms with Gasteiger partial charge in [-0.2, -0.15) is 0 Å². The van der Waals surface area contributed by atoms with Gasteiger partial charge in [0.1, 0.15) is 0 Å². The summed E-state index contributed by atoms with van der Waals surface area (Å²) in [7, 11) is 2.16. The van der Waals surface area contributed by atoms with E-state index in [1.807, 2.05) is 6.07 Å². The molecular formula is C14H19NO. The summed E-state index contributed by atoms with van der Waals surface area (Å²) in [4.78, 5) is 2.38. The Morgan fingerprint density at radius 1 is 1.19 bits per heavy atom. The van der Waals surface area contributed by atoms with Crippen LogP contribution < -0.4 is 0 Å². The van der Waals surface area contributed by atoms with Gasteiger partial charge in [-0.15, -0.1) is 0 Å². The van der Waals surface area contributed by atoms with Crippen LogP contribution in [0, 0.1) is 0 Å². The van der Waals surface area contributed by atoms with E-state index in [9.17, 15) is 5.11 Å². The maximum Gasteiger partial charge on any atom is 0.0764 e. The predicted molar refractivity (Wildman–Crippen MR) is 64.4 cm³/mol. The minimum Gasteiger partial charge on any atom is -0.391 e. The maximum absolute atomic E-state index is 10.4. The number of benzene rings is 1. The van der Waals surface area contributed by atoms with Gasteiger partial charge in [-0.3, -0.25) is 4.90 Å². The fourth-order valence-electron chi connectivity index (χ4n) is 3.47. The number of rotatable bonds is 1. The second-order valence-corrected chi connectivity index (χ2v) is 5.21. The van der Waals surface area contributed by atoms with Crippen molar-refractivity contribution in [2.75, 3.05) is 7.05 Å². The number of hydrogen-bond donors (Lipinski definition) is 1. The molecule has 2 aliphatic heterocycles. The molecule has 16 heavy (non-hydrogen) atoms. The van der Waals surface area contributed by atoms with Crippen LogP contribution in [0.4, 0.5) is 0 Å². The van der Waals surface area contributed by atoms with Crippen molar-refractivity contribution in [1.82, 2.24) is 4.90 Å². The van der Waals surface area contributed by atoms with Crippen molar-refractivity contribution in [1.29, 1.82) is 0 Å². The molecule has 0 amide bonds. The second kappa shape index (κ2) is 3.86. The molecule has 0 radical (unpaired) electrons. The first-order valence-corrected chi connectivity index (χ1v) is 6.22. The van der Waals surface area contributed by atoms with Crippen LogP contribution in [0.5, 0.6) is 0 Å². The molecule has 2 bridgehead atoms. The standard InChI is InChI=1S/C14H19NO/c1-15-11-7-8-13(15)14(16)12(9-11)10-5-3-2-4-6-10/h2-6,11-14,16H,7-9H2,1H3. The zero-order valence-corrected chi connectivity index (χ0v) is 9.71. The number of hydrogen-bond acceptors (Lipinski definition) is 2. The van der Waals surface area contributed by atoms with E-state index in [4.69, 9.17) is 0 Å². The van der Waals surface area contributed by atoms with Gasteiger partial charge in [-0.25, -0.2) is 0 Å². The Kier molecular flexibility index (Phi) is 2.49. The van der Waals surface area contributed by atoms with Gasteiger partial charge >= 0.3 is 0 Å².